The number of fused-ring (bicyclic) bond motifs is 1. The Bertz CT molecular complexity index is 791. The molecule has 1 atom stereocenters. The molecular formula is C22H32N4O. The van der Waals surface area contributed by atoms with Gasteiger partial charge in [0.05, 0.1) is 16.6 Å². The van der Waals surface area contributed by atoms with Gasteiger partial charge in [-0.1, -0.05) is 25.8 Å². The first-order valence-electron chi connectivity index (χ1n) is 10.7. The summed E-state index contributed by atoms with van der Waals surface area (Å²) < 4.78 is 0. The number of imidazole rings is 1. The summed E-state index contributed by atoms with van der Waals surface area (Å²) in [5.74, 6) is 1.99. The molecule has 0 radical (unpaired) electrons. The summed E-state index contributed by atoms with van der Waals surface area (Å²) >= 11 is 0. The second-order valence-electron chi connectivity index (χ2n) is 8.48. The van der Waals surface area contributed by atoms with Gasteiger partial charge >= 0.3 is 0 Å². The summed E-state index contributed by atoms with van der Waals surface area (Å²) in [4.78, 5) is 22.6. The average Bonchev–Trinajstić information content (AvgIpc) is 3.13. The minimum atomic E-state index is -0.398. The number of nitrogens with two attached hydrogens (primary N) is 1. The van der Waals surface area contributed by atoms with E-state index in [0.717, 1.165) is 41.8 Å². The van der Waals surface area contributed by atoms with Crippen LogP contribution in [0.25, 0.3) is 11.0 Å². The number of hydrogen-bond donors (Lipinski definition) is 2. The summed E-state index contributed by atoms with van der Waals surface area (Å²) in [6.07, 6.45) is 10.6. The normalized spacial score (nSPS) is 27.1. The van der Waals surface area contributed by atoms with E-state index in [1.807, 2.05) is 12.1 Å². The van der Waals surface area contributed by atoms with Crippen molar-refractivity contribution in [2.45, 2.75) is 70.3 Å². The van der Waals surface area contributed by atoms with Crippen LogP contribution in [0.4, 0.5) is 0 Å². The Morgan fingerprint density at radius 2 is 2.07 bits per heavy atom. The molecule has 1 aliphatic heterocycles. The summed E-state index contributed by atoms with van der Waals surface area (Å²) in [5.41, 5.74) is 7.70. The maximum absolute atomic E-state index is 11.7. The molecule has 2 aliphatic rings. The van der Waals surface area contributed by atoms with E-state index in [4.69, 9.17) is 10.7 Å². The molecule has 146 valence electrons. The SMILES string of the molecule is CCC[C@H]1CC[C@H](N2CCCC(c3nc4cccc(C(N)=O)c4[nH]3)C2)CC1. The molecule has 0 bridgehead atoms. The van der Waals surface area contributed by atoms with Gasteiger partial charge in [0, 0.05) is 18.5 Å². The predicted molar refractivity (Wildman–Crippen MR) is 109 cm³/mol. The third kappa shape index (κ3) is 3.88. The van der Waals surface area contributed by atoms with Gasteiger partial charge in [0.1, 0.15) is 5.82 Å². The highest BCUT2D eigenvalue weighted by Gasteiger charge is 2.31. The van der Waals surface area contributed by atoms with E-state index in [-0.39, 0.29) is 0 Å². The van der Waals surface area contributed by atoms with Crippen LogP contribution in [-0.4, -0.2) is 39.9 Å². The molecule has 1 amide bonds. The van der Waals surface area contributed by atoms with E-state index >= 15 is 0 Å². The number of primary amides is 1. The number of piperidine rings is 1. The molecule has 1 aliphatic carbocycles. The van der Waals surface area contributed by atoms with Gasteiger partial charge in [-0.25, -0.2) is 4.98 Å². The molecule has 1 saturated heterocycles. The number of aromatic nitrogens is 2. The van der Waals surface area contributed by atoms with Gasteiger partial charge in [0.2, 0.25) is 0 Å². The van der Waals surface area contributed by atoms with Crippen LogP contribution >= 0.6 is 0 Å². The Morgan fingerprint density at radius 1 is 1.26 bits per heavy atom. The van der Waals surface area contributed by atoms with Crippen molar-refractivity contribution in [1.82, 2.24) is 14.9 Å². The fourth-order valence-electron chi connectivity index (χ4n) is 5.22. The molecule has 4 rings (SSSR count). The number of para-hydroxylation sites is 1. The van der Waals surface area contributed by atoms with Crippen LogP contribution in [0.15, 0.2) is 18.2 Å². The largest absolute Gasteiger partial charge is 0.366 e. The van der Waals surface area contributed by atoms with Gasteiger partial charge in [0.25, 0.3) is 5.91 Å². The second kappa shape index (κ2) is 8.01. The number of carbonyl (C=O) groups is 1. The van der Waals surface area contributed by atoms with Crippen molar-refractivity contribution in [1.29, 1.82) is 0 Å². The molecule has 3 N–H and O–H groups in total. The zero-order chi connectivity index (χ0) is 18.8. The van der Waals surface area contributed by atoms with Crippen molar-refractivity contribution in [3.05, 3.63) is 29.6 Å². The quantitative estimate of drug-likeness (QED) is 0.830. The van der Waals surface area contributed by atoms with Crippen LogP contribution in [0.5, 0.6) is 0 Å². The third-order valence-electron chi connectivity index (χ3n) is 6.67. The van der Waals surface area contributed by atoms with E-state index in [0.29, 0.717) is 11.5 Å². The minimum Gasteiger partial charge on any atom is -0.366 e. The van der Waals surface area contributed by atoms with Crippen molar-refractivity contribution < 1.29 is 4.79 Å². The molecule has 1 aromatic carbocycles. The topological polar surface area (TPSA) is 75.0 Å². The first-order valence-corrected chi connectivity index (χ1v) is 10.7. The Morgan fingerprint density at radius 3 is 2.81 bits per heavy atom. The van der Waals surface area contributed by atoms with Gasteiger partial charge in [-0.2, -0.15) is 0 Å². The fraction of sp³-hybridized carbons (Fsp3) is 0.636. The standard InChI is InChI=1S/C22H32N4O/c1-2-5-15-9-11-17(12-10-15)26-13-4-6-16(14-26)22-24-19-8-3-7-18(21(23)27)20(19)25-22/h3,7-8,15-17H,2,4-6,9-14H2,1H3,(H2,23,27)(H,24,25)/t15-,16?,17-. The lowest BCUT2D eigenvalue weighted by Gasteiger charge is -2.41. The maximum Gasteiger partial charge on any atom is 0.250 e. The van der Waals surface area contributed by atoms with Crippen LogP contribution in [0.1, 0.15) is 80.4 Å². The maximum atomic E-state index is 11.7. The number of aromatic amines is 1. The summed E-state index contributed by atoms with van der Waals surface area (Å²) in [6.45, 7) is 4.60. The highest BCUT2D eigenvalue weighted by atomic mass is 16.1. The number of amides is 1. The van der Waals surface area contributed by atoms with Crippen molar-refractivity contribution in [2.24, 2.45) is 11.7 Å². The van der Waals surface area contributed by atoms with Crippen LogP contribution in [-0.2, 0) is 0 Å². The smallest absolute Gasteiger partial charge is 0.250 e. The molecule has 1 unspecified atom stereocenters. The highest BCUT2D eigenvalue weighted by molar-refractivity contribution is 6.04. The first kappa shape index (κ1) is 18.5. The number of nitrogens with one attached hydrogen (secondary N) is 1. The Balaban J connectivity index is 1.46. The van der Waals surface area contributed by atoms with Crippen LogP contribution in [0, 0.1) is 5.92 Å². The molecule has 2 heterocycles. The molecule has 27 heavy (non-hydrogen) atoms. The molecule has 5 nitrogen and oxygen atoms in total. The number of likely N-dealkylation sites (tertiary alicyclic amines) is 1. The molecular weight excluding hydrogens is 336 g/mol. The number of carbonyl (C=O) groups excluding carboxylic acids is 1. The second-order valence-corrected chi connectivity index (χ2v) is 8.48. The summed E-state index contributed by atoms with van der Waals surface area (Å²) in [6, 6.07) is 6.33. The Hall–Kier alpha value is -1.88. The van der Waals surface area contributed by atoms with Crippen molar-refractivity contribution in [3.63, 3.8) is 0 Å². The summed E-state index contributed by atoms with van der Waals surface area (Å²) in [7, 11) is 0. The number of rotatable bonds is 5. The van der Waals surface area contributed by atoms with Crippen molar-refractivity contribution in [3.8, 4) is 0 Å². The molecule has 0 spiro atoms. The third-order valence-corrected chi connectivity index (χ3v) is 6.67. The van der Waals surface area contributed by atoms with Gasteiger partial charge in [0.15, 0.2) is 0 Å². The first-order chi connectivity index (χ1) is 13.2. The summed E-state index contributed by atoms with van der Waals surface area (Å²) in [5, 5.41) is 0. The lowest BCUT2D eigenvalue weighted by Crippen LogP contribution is -2.43. The lowest BCUT2D eigenvalue weighted by atomic mass is 9.82. The highest BCUT2D eigenvalue weighted by Crippen LogP contribution is 2.34. The van der Waals surface area contributed by atoms with Gasteiger partial charge < -0.3 is 10.7 Å². The van der Waals surface area contributed by atoms with Crippen LogP contribution in [0.3, 0.4) is 0 Å². The minimum absolute atomic E-state index is 0.398. The number of hydrogen-bond acceptors (Lipinski definition) is 3. The molecule has 1 saturated carbocycles. The number of benzene rings is 1. The molecule has 2 fully saturated rings. The van der Waals surface area contributed by atoms with Crippen molar-refractivity contribution in [2.75, 3.05) is 13.1 Å². The van der Waals surface area contributed by atoms with E-state index < -0.39 is 5.91 Å². The van der Waals surface area contributed by atoms with E-state index in [1.165, 1.54) is 51.5 Å². The lowest BCUT2D eigenvalue weighted by molar-refractivity contribution is 0.100. The van der Waals surface area contributed by atoms with E-state index in [9.17, 15) is 4.79 Å². The van der Waals surface area contributed by atoms with E-state index in [2.05, 4.69) is 16.8 Å². The zero-order valence-electron chi connectivity index (χ0n) is 16.4. The van der Waals surface area contributed by atoms with Crippen LogP contribution in [0.2, 0.25) is 0 Å². The Kier molecular flexibility index (Phi) is 5.48. The zero-order valence-corrected chi connectivity index (χ0v) is 16.4. The van der Waals surface area contributed by atoms with Gasteiger partial charge in [-0.15, -0.1) is 0 Å². The average molecular weight is 369 g/mol. The van der Waals surface area contributed by atoms with Crippen molar-refractivity contribution >= 4 is 16.9 Å². The molecule has 2 aromatic rings. The fourth-order valence-corrected chi connectivity index (χ4v) is 5.22. The van der Waals surface area contributed by atoms with Crippen LogP contribution < -0.4 is 5.73 Å². The van der Waals surface area contributed by atoms with E-state index in [1.54, 1.807) is 6.07 Å². The monoisotopic (exact) mass is 368 g/mol. The molecule has 5 heteroatoms. The number of nitrogens with zero attached hydrogens (tertiary/aromatic N) is 2. The molecule has 1 aromatic heterocycles. The number of H-pyrrole nitrogens is 1. The Labute approximate surface area is 161 Å². The van der Waals surface area contributed by atoms with Gasteiger partial charge in [-0.3, -0.25) is 9.69 Å². The van der Waals surface area contributed by atoms with Gasteiger partial charge in [-0.05, 0) is 63.1 Å². The predicted octanol–water partition coefficient (Wildman–Crippen LogP) is 4.20.